The van der Waals surface area contributed by atoms with Gasteiger partial charge in [-0.3, -0.25) is 4.72 Å². The molecule has 0 aliphatic rings. The van der Waals surface area contributed by atoms with E-state index in [2.05, 4.69) is 9.71 Å². The highest BCUT2D eigenvalue weighted by molar-refractivity contribution is 7.91. The third-order valence-corrected chi connectivity index (χ3v) is 4.09. The lowest BCUT2D eigenvalue weighted by molar-refractivity contribution is 0.600. The van der Waals surface area contributed by atoms with Crippen LogP contribution in [0.3, 0.4) is 0 Å². The first kappa shape index (κ1) is 14.1. The SMILES string of the molecule is O=S(=O)(Cc1ccccc1Cl)Nc1ccc(Cl)cn1. The molecule has 0 spiro atoms. The Labute approximate surface area is 121 Å². The number of nitrogens with zero attached hydrogens (tertiary/aromatic N) is 1. The number of sulfonamides is 1. The monoisotopic (exact) mass is 316 g/mol. The molecule has 2 aromatic rings. The summed E-state index contributed by atoms with van der Waals surface area (Å²) in [6.45, 7) is 0. The highest BCUT2D eigenvalue weighted by atomic mass is 35.5. The number of rotatable bonds is 4. The Balaban J connectivity index is 2.15. The van der Waals surface area contributed by atoms with E-state index in [1.165, 1.54) is 12.3 Å². The van der Waals surface area contributed by atoms with Crippen LogP contribution in [0.25, 0.3) is 0 Å². The van der Waals surface area contributed by atoms with Gasteiger partial charge in [0.2, 0.25) is 10.0 Å². The number of anilines is 1. The van der Waals surface area contributed by atoms with E-state index < -0.39 is 10.0 Å². The Kier molecular flexibility index (Phi) is 4.29. The average Bonchev–Trinajstić information content (AvgIpc) is 2.35. The maximum atomic E-state index is 12.0. The largest absolute Gasteiger partial charge is 0.267 e. The molecule has 1 aromatic heterocycles. The van der Waals surface area contributed by atoms with E-state index >= 15 is 0 Å². The van der Waals surface area contributed by atoms with Crippen molar-refractivity contribution in [2.24, 2.45) is 0 Å². The van der Waals surface area contributed by atoms with E-state index in [-0.39, 0.29) is 11.6 Å². The molecule has 4 nitrogen and oxygen atoms in total. The molecule has 0 atom stereocenters. The van der Waals surface area contributed by atoms with Gasteiger partial charge in [-0.2, -0.15) is 0 Å². The van der Waals surface area contributed by atoms with E-state index in [1.807, 2.05) is 0 Å². The van der Waals surface area contributed by atoms with Gasteiger partial charge in [0.25, 0.3) is 0 Å². The van der Waals surface area contributed by atoms with Gasteiger partial charge < -0.3 is 0 Å². The molecule has 0 bridgehead atoms. The topological polar surface area (TPSA) is 59.1 Å². The number of pyridine rings is 1. The molecule has 1 aromatic carbocycles. The molecule has 0 unspecified atom stereocenters. The molecule has 0 saturated carbocycles. The normalized spacial score (nSPS) is 11.3. The summed E-state index contributed by atoms with van der Waals surface area (Å²) in [5, 5.41) is 0.853. The van der Waals surface area contributed by atoms with Crippen molar-refractivity contribution >= 4 is 39.0 Å². The summed E-state index contributed by atoms with van der Waals surface area (Å²) < 4.78 is 26.3. The number of benzene rings is 1. The van der Waals surface area contributed by atoms with Gasteiger partial charge in [-0.25, -0.2) is 13.4 Å². The van der Waals surface area contributed by atoms with Gasteiger partial charge in [0.1, 0.15) is 5.82 Å². The predicted molar refractivity (Wildman–Crippen MR) is 76.9 cm³/mol. The third-order valence-electron chi connectivity index (χ3n) is 2.29. The maximum absolute atomic E-state index is 12.0. The maximum Gasteiger partial charge on any atom is 0.238 e. The second-order valence-corrected chi connectivity index (χ2v) is 6.38. The average molecular weight is 317 g/mol. The molecule has 100 valence electrons. The second-order valence-electron chi connectivity index (χ2n) is 3.81. The third kappa shape index (κ3) is 4.09. The summed E-state index contributed by atoms with van der Waals surface area (Å²) in [5.74, 6) is 0.00761. The number of aromatic nitrogens is 1. The van der Waals surface area contributed by atoms with E-state index in [9.17, 15) is 8.42 Å². The van der Waals surface area contributed by atoms with E-state index in [1.54, 1.807) is 30.3 Å². The molecule has 0 fully saturated rings. The van der Waals surface area contributed by atoms with Crippen molar-refractivity contribution in [1.82, 2.24) is 4.98 Å². The Hall–Kier alpha value is -1.30. The Bertz CT molecular complexity index is 672. The zero-order valence-electron chi connectivity index (χ0n) is 9.68. The minimum Gasteiger partial charge on any atom is -0.267 e. The van der Waals surface area contributed by atoms with Crippen LogP contribution in [0.5, 0.6) is 0 Å². The van der Waals surface area contributed by atoms with Crippen LogP contribution in [0.2, 0.25) is 10.0 Å². The van der Waals surface area contributed by atoms with Crippen molar-refractivity contribution in [2.45, 2.75) is 5.75 Å². The van der Waals surface area contributed by atoms with Crippen LogP contribution in [0, 0.1) is 0 Å². The molecule has 0 radical (unpaired) electrons. The fourth-order valence-corrected chi connectivity index (χ4v) is 3.02. The fraction of sp³-hybridized carbons (Fsp3) is 0.0833. The summed E-state index contributed by atoms with van der Waals surface area (Å²) >= 11 is 11.6. The van der Waals surface area contributed by atoms with Gasteiger partial charge in [-0.05, 0) is 23.8 Å². The van der Waals surface area contributed by atoms with Crippen LogP contribution in [0.4, 0.5) is 5.82 Å². The van der Waals surface area contributed by atoms with Crippen molar-refractivity contribution in [2.75, 3.05) is 4.72 Å². The number of halogens is 2. The summed E-state index contributed by atoms with van der Waals surface area (Å²) in [6.07, 6.45) is 1.37. The van der Waals surface area contributed by atoms with Crippen LogP contribution >= 0.6 is 23.2 Å². The Morgan fingerprint density at radius 2 is 1.84 bits per heavy atom. The van der Waals surface area contributed by atoms with Gasteiger partial charge in [0.15, 0.2) is 0 Å². The molecule has 7 heteroatoms. The fourth-order valence-electron chi connectivity index (χ4n) is 1.45. The van der Waals surface area contributed by atoms with E-state index in [4.69, 9.17) is 23.2 Å². The van der Waals surface area contributed by atoms with Gasteiger partial charge in [0, 0.05) is 11.2 Å². The zero-order valence-corrected chi connectivity index (χ0v) is 12.0. The highest BCUT2D eigenvalue weighted by Crippen LogP contribution is 2.19. The first-order chi connectivity index (χ1) is 8.96. The number of hydrogen-bond donors (Lipinski definition) is 1. The van der Waals surface area contributed by atoms with Crippen molar-refractivity contribution in [3.8, 4) is 0 Å². The van der Waals surface area contributed by atoms with Crippen molar-refractivity contribution in [1.29, 1.82) is 0 Å². The molecule has 0 aliphatic heterocycles. The summed E-state index contributed by atoms with van der Waals surface area (Å²) in [7, 11) is -3.56. The van der Waals surface area contributed by atoms with Crippen LogP contribution < -0.4 is 4.72 Å². The molecule has 0 amide bonds. The molecule has 0 aliphatic carbocycles. The van der Waals surface area contributed by atoms with Crippen LogP contribution in [-0.4, -0.2) is 13.4 Å². The van der Waals surface area contributed by atoms with Crippen molar-refractivity contribution < 1.29 is 8.42 Å². The van der Waals surface area contributed by atoms with Crippen molar-refractivity contribution in [3.05, 3.63) is 58.2 Å². The lowest BCUT2D eigenvalue weighted by Gasteiger charge is -2.08. The minimum absolute atomic E-state index is 0.211. The highest BCUT2D eigenvalue weighted by Gasteiger charge is 2.14. The first-order valence-electron chi connectivity index (χ1n) is 5.32. The second kappa shape index (κ2) is 5.77. The quantitative estimate of drug-likeness (QED) is 0.941. The molecule has 1 heterocycles. The standard InChI is InChI=1S/C12H10Cl2N2O2S/c13-10-5-6-12(15-7-10)16-19(17,18)8-9-3-1-2-4-11(9)14/h1-7H,8H2,(H,15,16). The zero-order chi connectivity index (χ0) is 13.9. The molecule has 2 rings (SSSR count). The number of nitrogens with one attached hydrogen (secondary N) is 1. The Morgan fingerprint density at radius 3 is 2.47 bits per heavy atom. The predicted octanol–water partition coefficient (Wildman–Crippen LogP) is 3.33. The summed E-state index contributed by atoms with van der Waals surface area (Å²) in [5.41, 5.74) is 0.533. The van der Waals surface area contributed by atoms with Gasteiger partial charge in [-0.1, -0.05) is 41.4 Å². The minimum atomic E-state index is -3.56. The van der Waals surface area contributed by atoms with Crippen molar-refractivity contribution in [3.63, 3.8) is 0 Å². The van der Waals surface area contributed by atoms with Crippen LogP contribution in [0.1, 0.15) is 5.56 Å². The van der Waals surface area contributed by atoms with Gasteiger partial charge in [0.05, 0.1) is 10.8 Å². The molecule has 0 saturated heterocycles. The van der Waals surface area contributed by atoms with Gasteiger partial charge >= 0.3 is 0 Å². The lowest BCUT2D eigenvalue weighted by atomic mass is 10.2. The van der Waals surface area contributed by atoms with Gasteiger partial charge in [-0.15, -0.1) is 0 Å². The smallest absolute Gasteiger partial charge is 0.238 e. The Morgan fingerprint density at radius 1 is 1.11 bits per heavy atom. The summed E-state index contributed by atoms with van der Waals surface area (Å²) in [4.78, 5) is 3.87. The molecule has 19 heavy (non-hydrogen) atoms. The first-order valence-corrected chi connectivity index (χ1v) is 7.72. The molecular weight excluding hydrogens is 307 g/mol. The molecular formula is C12H10Cl2N2O2S. The number of hydrogen-bond acceptors (Lipinski definition) is 3. The lowest BCUT2D eigenvalue weighted by Crippen LogP contribution is -2.16. The summed E-state index contributed by atoms with van der Waals surface area (Å²) in [6, 6.07) is 9.84. The van der Waals surface area contributed by atoms with E-state index in [0.29, 0.717) is 15.6 Å². The molecule has 1 N–H and O–H groups in total. The van der Waals surface area contributed by atoms with Crippen LogP contribution in [0.15, 0.2) is 42.6 Å². The van der Waals surface area contributed by atoms with Crippen LogP contribution in [-0.2, 0) is 15.8 Å². The van der Waals surface area contributed by atoms with E-state index in [0.717, 1.165) is 0 Å².